The molecule has 2 nitrogen and oxygen atoms in total. The Hall–Kier alpha value is -1.02. The minimum atomic E-state index is 0.435. The van der Waals surface area contributed by atoms with E-state index in [0.717, 1.165) is 19.7 Å². The van der Waals surface area contributed by atoms with Gasteiger partial charge in [-0.1, -0.05) is 18.2 Å². The number of nitrogens with zero attached hydrogens (tertiary/aromatic N) is 1. The number of benzene rings is 1. The highest BCUT2D eigenvalue weighted by atomic mass is 16.5. The lowest BCUT2D eigenvalue weighted by atomic mass is 10.2. The van der Waals surface area contributed by atoms with Crippen molar-refractivity contribution in [3.63, 3.8) is 0 Å². The molecule has 82 valence electrons. The zero-order valence-electron chi connectivity index (χ0n) is 9.36. The molecule has 1 saturated heterocycles. The molecule has 1 aromatic carbocycles. The molecule has 0 amide bonds. The van der Waals surface area contributed by atoms with Crippen LogP contribution in [-0.4, -0.2) is 25.8 Å². The summed E-state index contributed by atoms with van der Waals surface area (Å²) in [5.41, 5.74) is 1.30. The fourth-order valence-corrected chi connectivity index (χ4v) is 2.09. The summed E-state index contributed by atoms with van der Waals surface area (Å²) in [5, 5.41) is 0. The van der Waals surface area contributed by atoms with Crippen molar-refractivity contribution in [1.82, 2.24) is 0 Å². The zero-order chi connectivity index (χ0) is 10.5. The molecule has 15 heavy (non-hydrogen) atoms. The largest absolute Gasteiger partial charge is 0.376 e. The van der Waals surface area contributed by atoms with Crippen molar-refractivity contribution in [3.05, 3.63) is 30.3 Å². The molecule has 1 unspecified atom stereocenters. The summed E-state index contributed by atoms with van der Waals surface area (Å²) in [6.45, 7) is 5.21. The van der Waals surface area contributed by atoms with Crippen LogP contribution >= 0.6 is 0 Å². The Balaban J connectivity index is 1.97. The van der Waals surface area contributed by atoms with Crippen LogP contribution in [0.25, 0.3) is 0 Å². The number of hydrogen-bond donors (Lipinski definition) is 0. The molecule has 0 N–H and O–H groups in total. The Kier molecular flexibility index (Phi) is 3.62. The predicted molar refractivity (Wildman–Crippen MR) is 63.3 cm³/mol. The number of likely N-dealkylation sites (N-methyl/N-ethyl adjacent to an activating group) is 1. The fraction of sp³-hybridized carbons (Fsp3) is 0.538. The topological polar surface area (TPSA) is 12.5 Å². The second-order valence-electron chi connectivity index (χ2n) is 4.01. The first-order valence-corrected chi connectivity index (χ1v) is 5.81. The molecule has 0 aliphatic carbocycles. The second-order valence-corrected chi connectivity index (χ2v) is 4.01. The average Bonchev–Trinajstić information content (AvgIpc) is 2.80. The maximum Gasteiger partial charge on any atom is 0.0750 e. The van der Waals surface area contributed by atoms with Crippen LogP contribution in [0, 0.1) is 0 Å². The summed E-state index contributed by atoms with van der Waals surface area (Å²) in [6, 6.07) is 10.6. The van der Waals surface area contributed by atoms with Gasteiger partial charge >= 0.3 is 0 Å². The SMILES string of the molecule is CCN(CC1CCCO1)c1ccccc1. The van der Waals surface area contributed by atoms with Crippen molar-refractivity contribution >= 4 is 5.69 Å². The van der Waals surface area contributed by atoms with Gasteiger partial charge in [0, 0.05) is 25.4 Å². The van der Waals surface area contributed by atoms with Gasteiger partial charge in [-0.25, -0.2) is 0 Å². The molecule has 1 aromatic rings. The van der Waals surface area contributed by atoms with Crippen molar-refractivity contribution in [1.29, 1.82) is 0 Å². The van der Waals surface area contributed by atoms with Crippen molar-refractivity contribution in [2.75, 3.05) is 24.6 Å². The molecule has 2 heteroatoms. The summed E-state index contributed by atoms with van der Waals surface area (Å²) in [6.07, 6.45) is 2.87. The Morgan fingerprint density at radius 1 is 1.33 bits per heavy atom. The Morgan fingerprint density at radius 2 is 2.13 bits per heavy atom. The molecule has 1 heterocycles. The van der Waals surface area contributed by atoms with Crippen molar-refractivity contribution in [3.8, 4) is 0 Å². The first kappa shape index (κ1) is 10.5. The van der Waals surface area contributed by atoms with Crippen LogP contribution in [0.5, 0.6) is 0 Å². The average molecular weight is 205 g/mol. The minimum Gasteiger partial charge on any atom is -0.376 e. The van der Waals surface area contributed by atoms with Gasteiger partial charge in [0.2, 0.25) is 0 Å². The highest BCUT2D eigenvalue weighted by Crippen LogP contribution is 2.18. The van der Waals surface area contributed by atoms with Crippen LogP contribution in [0.3, 0.4) is 0 Å². The molecule has 0 radical (unpaired) electrons. The van der Waals surface area contributed by atoms with Crippen LogP contribution in [0.15, 0.2) is 30.3 Å². The minimum absolute atomic E-state index is 0.435. The molecular formula is C13H19NO. The second kappa shape index (κ2) is 5.17. The Morgan fingerprint density at radius 3 is 2.73 bits per heavy atom. The zero-order valence-corrected chi connectivity index (χ0v) is 9.36. The van der Waals surface area contributed by atoms with E-state index in [4.69, 9.17) is 4.74 Å². The number of anilines is 1. The van der Waals surface area contributed by atoms with E-state index in [0.29, 0.717) is 6.10 Å². The van der Waals surface area contributed by atoms with Gasteiger partial charge in [0.15, 0.2) is 0 Å². The molecule has 0 saturated carbocycles. The van der Waals surface area contributed by atoms with E-state index in [1.807, 2.05) is 0 Å². The number of rotatable bonds is 4. The van der Waals surface area contributed by atoms with Gasteiger partial charge in [-0.2, -0.15) is 0 Å². The fourth-order valence-electron chi connectivity index (χ4n) is 2.09. The molecule has 1 aliphatic heterocycles. The summed E-state index contributed by atoms with van der Waals surface area (Å²) in [7, 11) is 0. The van der Waals surface area contributed by atoms with Gasteiger partial charge in [0.1, 0.15) is 0 Å². The smallest absolute Gasteiger partial charge is 0.0750 e. The Bertz CT molecular complexity index is 280. The van der Waals surface area contributed by atoms with E-state index >= 15 is 0 Å². The number of ether oxygens (including phenoxy) is 1. The quantitative estimate of drug-likeness (QED) is 0.749. The van der Waals surface area contributed by atoms with Crippen LogP contribution in [0.2, 0.25) is 0 Å². The summed E-state index contributed by atoms with van der Waals surface area (Å²) < 4.78 is 5.67. The molecule has 1 atom stereocenters. The maximum atomic E-state index is 5.67. The molecule has 0 aromatic heterocycles. The molecule has 1 fully saturated rings. The van der Waals surface area contributed by atoms with E-state index in [9.17, 15) is 0 Å². The lowest BCUT2D eigenvalue weighted by Gasteiger charge is -2.25. The number of hydrogen-bond acceptors (Lipinski definition) is 2. The van der Waals surface area contributed by atoms with E-state index in [2.05, 4.69) is 42.2 Å². The van der Waals surface area contributed by atoms with Gasteiger partial charge in [-0.3, -0.25) is 0 Å². The van der Waals surface area contributed by atoms with E-state index in [1.54, 1.807) is 0 Å². The molecule has 0 bridgehead atoms. The van der Waals surface area contributed by atoms with Crippen molar-refractivity contribution < 1.29 is 4.74 Å². The van der Waals surface area contributed by atoms with E-state index in [-0.39, 0.29) is 0 Å². The maximum absolute atomic E-state index is 5.67. The highest BCUT2D eigenvalue weighted by molar-refractivity contribution is 5.45. The third-order valence-corrected chi connectivity index (χ3v) is 2.95. The van der Waals surface area contributed by atoms with E-state index < -0.39 is 0 Å². The van der Waals surface area contributed by atoms with Crippen LogP contribution in [-0.2, 0) is 4.74 Å². The normalized spacial score (nSPS) is 20.5. The monoisotopic (exact) mass is 205 g/mol. The first-order chi connectivity index (χ1) is 7.40. The summed E-state index contributed by atoms with van der Waals surface area (Å²) >= 11 is 0. The first-order valence-electron chi connectivity index (χ1n) is 5.81. The third-order valence-electron chi connectivity index (χ3n) is 2.95. The summed E-state index contributed by atoms with van der Waals surface area (Å²) in [4.78, 5) is 2.38. The standard InChI is InChI=1S/C13H19NO/c1-2-14(11-13-9-6-10-15-13)12-7-4-3-5-8-12/h3-5,7-8,13H,2,6,9-11H2,1H3. The lowest BCUT2D eigenvalue weighted by molar-refractivity contribution is 0.115. The molecule has 1 aliphatic rings. The summed E-state index contributed by atoms with van der Waals surface area (Å²) in [5.74, 6) is 0. The van der Waals surface area contributed by atoms with Crippen LogP contribution < -0.4 is 4.90 Å². The van der Waals surface area contributed by atoms with Gasteiger partial charge in [0.25, 0.3) is 0 Å². The van der Waals surface area contributed by atoms with Gasteiger partial charge in [0.05, 0.1) is 6.10 Å². The van der Waals surface area contributed by atoms with E-state index in [1.165, 1.54) is 18.5 Å². The lowest BCUT2D eigenvalue weighted by Crippen LogP contribution is -2.31. The third kappa shape index (κ3) is 2.72. The van der Waals surface area contributed by atoms with Crippen molar-refractivity contribution in [2.24, 2.45) is 0 Å². The van der Waals surface area contributed by atoms with Crippen molar-refractivity contribution in [2.45, 2.75) is 25.9 Å². The van der Waals surface area contributed by atoms with Gasteiger partial charge < -0.3 is 9.64 Å². The highest BCUT2D eigenvalue weighted by Gasteiger charge is 2.18. The van der Waals surface area contributed by atoms with Gasteiger partial charge in [-0.15, -0.1) is 0 Å². The molecule has 0 spiro atoms. The van der Waals surface area contributed by atoms with Crippen LogP contribution in [0.1, 0.15) is 19.8 Å². The number of para-hydroxylation sites is 1. The molecule has 2 rings (SSSR count). The Labute approximate surface area is 91.9 Å². The van der Waals surface area contributed by atoms with Gasteiger partial charge in [-0.05, 0) is 31.9 Å². The molecular weight excluding hydrogens is 186 g/mol. The predicted octanol–water partition coefficient (Wildman–Crippen LogP) is 2.69. The van der Waals surface area contributed by atoms with Crippen LogP contribution in [0.4, 0.5) is 5.69 Å².